The van der Waals surface area contributed by atoms with E-state index in [9.17, 15) is 0 Å². The second-order valence-electron chi connectivity index (χ2n) is 6.22. The van der Waals surface area contributed by atoms with Crippen molar-refractivity contribution in [2.75, 3.05) is 0 Å². The summed E-state index contributed by atoms with van der Waals surface area (Å²) in [5.41, 5.74) is 2.29. The molecule has 1 aromatic rings. The minimum absolute atomic E-state index is 0.0199. The van der Waals surface area contributed by atoms with Crippen molar-refractivity contribution in [3.8, 4) is 0 Å². The molecule has 17 heavy (non-hydrogen) atoms. The van der Waals surface area contributed by atoms with Gasteiger partial charge >= 0.3 is 0 Å². The largest absolute Gasteiger partial charge is 0.238 e. The lowest BCUT2D eigenvalue weighted by Gasteiger charge is -2.23. The summed E-state index contributed by atoms with van der Waals surface area (Å²) in [6, 6.07) is 2.08. The average Bonchev–Trinajstić information content (AvgIpc) is 2.17. The second kappa shape index (κ2) is 5.61. The molecular weight excluding hydrogens is 208 g/mol. The summed E-state index contributed by atoms with van der Waals surface area (Å²) in [6.45, 7) is 19.0. The fourth-order valence-electron chi connectivity index (χ4n) is 1.29. The molecule has 0 spiro atoms. The smallest absolute Gasteiger partial charge is 0.134 e. The summed E-state index contributed by atoms with van der Waals surface area (Å²) in [5, 5.41) is 0. The van der Waals surface area contributed by atoms with E-state index in [1.165, 1.54) is 0 Å². The van der Waals surface area contributed by atoms with Crippen molar-refractivity contribution in [1.82, 2.24) is 9.97 Å². The quantitative estimate of drug-likeness (QED) is 0.667. The molecule has 0 aliphatic rings. The number of aryl methyl sites for hydroxylation is 1. The van der Waals surface area contributed by atoms with Crippen LogP contribution in [0.15, 0.2) is 6.07 Å². The molecule has 0 bridgehead atoms. The molecule has 1 aromatic heterocycles. The maximum Gasteiger partial charge on any atom is 0.134 e. The third-order valence-electron chi connectivity index (χ3n) is 2.29. The van der Waals surface area contributed by atoms with Gasteiger partial charge in [-0.3, -0.25) is 0 Å². The summed E-state index contributed by atoms with van der Waals surface area (Å²) in [5.74, 6) is 0.937. The van der Waals surface area contributed by atoms with Crippen LogP contribution in [0.5, 0.6) is 0 Å². The van der Waals surface area contributed by atoms with Gasteiger partial charge in [-0.2, -0.15) is 0 Å². The van der Waals surface area contributed by atoms with Gasteiger partial charge in [0.15, 0.2) is 0 Å². The minimum atomic E-state index is 0.0199. The Morgan fingerprint density at radius 3 is 1.65 bits per heavy atom. The Hall–Kier alpha value is -0.920. The van der Waals surface area contributed by atoms with Crippen LogP contribution in [-0.2, 0) is 10.8 Å². The van der Waals surface area contributed by atoms with E-state index in [1.807, 2.05) is 20.8 Å². The Labute approximate surface area is 107 Å². The highest BCUT2D eigenvalue weighted by Crippen LogP contribution is 2.24. The van der Waals surface area contributed by atoms with Crippen LogP contribution in [0.1, 0.15) is 72.6 Å². The zero-order valence-corrected chi connectivity index (χ0v) is 13.0. The van der Waals surface area contributed by atoms with Gasteiger partial charge in [0.25, 0.3) is 0 Å². The van der Waals surface area contributed by atoms with E-state index in [4.69, 9.17) is 0 Å². The van der Waals surface area contributed by atoms with Gasteiger partial charge in [-0.15, -0.1) is 0 Å². The van der Waals surface area contributed by atoms with E-state index >= 15 is 0 Å². The van der Waals surface area contributed by atoms with Crippen LogP contribution >= 0.6 is 0 Å². The zero-order valence-electron chi connectivity index (χ0n) is 13.0. The highest BCUT2D eigenvalue weighted by molar-refractivity contribution is 5.19. The maximum absolute atomic E-state index is 4.66. The Morgan fingerprint density at radius 2 is 1.29 bits per heavy atom. The van der Waals surface area contributed by atoms with Crippen LogP contribution in [0.2, 0.25) is 0 Å². The molecule has 0 fully saturated rings. The van der Waals surface area contributed by atoms with Gasteiger partial charge in [-0.1, -0.05) is 55.4 Å². The van der Waals surface area contributed by atoms with Crippen LogP contribution in [0.25, 0.3) is 0 Å². The monoisotopic (exact) mass is 236 g/mol. The summed E-state index contributed by atoms with van der Waals surface area (Å²) >= 11 is 0. The molecule has 0 aliphatic heterocycles. The van der Waals surface area contributed by atoms with E-state index < -0.39 is 0 Å². The SMILES string of the molecule is CC.Cc1cc(C(C)(C)C)nc(C(C)(C)C)n1. The first-order valence-corrected chi connectivity index (χ1v) is 6.47. The molecule has 0 atom stereocenters. The van der Waals surface area contributed by atoms with Gasteiger partial charge in [0, 0.05) is 22.2 Å². The second-order valence-corrected chi connectivity index (χ2v) is 6.22. The predicted molar refractivity (Wildman–Crippen MR) is 75.5 cm³/mol. The van der Waals surface area contributed by atoms with Crippen molar-refractivity contribution in [1.29, 1.82) is 0 Å². The lowest BCUT2D eigenvalue weighted by Crippen LogP contribution is -2.22. The van der Waals surface area contributed by atoms with E-state index in [0.29, 0.717) is 0 Å². The summed E-state index contributed by atoms with van der Waals surface area (Å²) in [6.07, 6.45) is 0. The van der Waals surface area contributed by atoms with E-state index in [-0.39, 0.29) is 10.8 Å². The van der Waals surface area contributed by atoms with Crippen molar-refractivity contribution >= 4 is 0 Å². The third kappa shape index (κ3) is 4.84. The number of rotatable bonds is 0. The van der Waals surface area contributed by atoms with Crippen molar-refractivity contribution < 1.29 is 0 Å². The first-order valence-electron chi connectivity index (χ1n) is 6.47. The summed E-state index contributed by atoms with van der Waals surface area (Å²) < 4.78 is 0. The average molecular weight is 236 g/mol. The summed E-state index contributed by atoms with van der Waals surface area (Å²) in [4.78, 5) is 9.17. The van der Waals surface area contributed by atoms with Crippen LogP contribution in [0.3, 0.4) is 0 Å². The fourth-order valence-corrected chi connectivity index (χ4v) is 1.29. The molecule has 0 radical (unpaired) electrons. The standard InChI is InChI=1S/C13H22N2.C2H6/c1-9-8-10(12(2,3)4)15-11(14-9)13(5,6)7;1-2/h8H,1-7H3;1-2H3. The molecule has 0 amide bonds. The van der Waals surface area contributed by atoms with Gasteiger partial charge in [0.05, 0.1) is 0 Å². The lowest BCUT2D eigenvalue weighted by atomic mass is 9.90. The molecule has 1 heterocycles. The first-order chi connectivity index (χ1) is 7.60. The molecule has 98 valence electrons. The normalized spacial score (nSPS) is 11.8. The topological polar surface area (TPSA) is 25.8 Å². The van der Waals surface area contributed by atoms with Crippen LogP contribution in [-0.4, -0.2) is 9.97 Å². The number of hydrogen-bond acceptors (Lipinski definition) is 2. The molecule has 0 aliphatic carbocycles. The molecule has 0 aromatic carbocycles. The zero-order chi connectivity index (χ0) is 13.9. The summed E-state index contributed by atoms with van der Waals surface area (Å²) in [7, 11) is 0. The minimum Gasteiger partial charge on any atom is -0.238 e. The van der Waals surface area contributed by atoms with Crippen molar-refractivity contribution in [3.05, 3.63) is 23.3 Å². The molecule has 2 nitrogen and oxygen atoms in total. The van der Waals surface area contributed by atoms with E-state index in [2.05, 4.69) is 57.6 Å². The van der Waals surface area contributed by atoms with Gasteiger partial charge in [-0.05, 0) is 13.0 Å². The third-order valence-corrected chi connectivity index (χ3v) is 2.29. The van der Waals surface area contributed by atoms with E-state index in [1.54, 1.807) is 0 Å². The molecule has 0 unspecified atom stereocenters. The Morgan fingerprint density at radius 1 is 0.824 bits per heavy atom. The molecule has 2 heteroatoms. The van der Waals surface area contributed by atoms with Gasteiger partial charge in [0.2, 0.25) is 0 Å². The molecular formula is C15H28N2. The molecule has 0 saturated heterocycles. The number of nitrogens with zero attached hydrogens (tertiary/aromatic N) is 2. The highest BCUT2D eigenvalue weighted by atomic mass is 14.9. The van der Waals surface area contributed by atoms with Gasteiger partial charge < -0.3 is 0 Å². The predicted octanol–water partition coefficient (Wildman–Crippen LogP) is 4.41. The van der Waals surface area contributed by atoms with E-state index in [0.717, 1.165) is 17.2 Å². The number of hydrogen-bond donors (Lipinski definition) is 0. The molecule has 1 rings (SSSR count). The van der Waals surface area contributed by atoms with Gasteiger partial charge in [0.1, 0.15) is 5.82 Å². The Kier molecular flexibility index (Phi) is 5.31. The lowest BCUT2D eigenvalue weighted by molar-refractivity contribution is 0.511. The van der Waals surface area contributed by atoms with Gasteiger partial charge in [-0.25, -0.2) is 9.97 Å². The first kappa shape index (κ1) is 16.1. The van der Waals surface area contributed by atoms with Crippen LogP contribution in [0, 0.1) is 6.92 Å². The molecule has 0 N–H and O–H groups in total. The maximum atomic E-state index is 4.66. The van der Waals surface area contributed by atoms with Crippen LogP contribution < -0.4 is 0 Å². The Balaban J connectivity index is 0.00000121. The fraction of sp³-hybridized carbons (Fsp3) is 0.733. The van der Waals surface area contributed by atoms with Crippen molar-refractivity contribution in [3.63, 3.8) is 0 Å². The van der Waals surface area contributed by atoms with Crippen LogP contribution in [0.4, 0.5) is 0 Å². The number of aromatic nitrogens is 2. The Bertz CT molecular complexity index is 322. The highest BCUT2D eigenvalue weighted by Gasteiger charge is 2.22. The molecule has 0 saturated carbocycles. The van der Waals surface area contributed by atoms with Crippen molar-refractivity contribution in [2.24, 2.45) is 0 Å². The van der Waals surface area contributed by atoms with Crippen molar-refractivity contribution in [2.45, 2.75) is 73.1 Å².